The lowest BCUT2D eigenvalue weighted by molar-refractivity contribution is 0.0827. The molecule has 1 aromatic carbocycles. The SMILES string of the molecule is CCC1(CNC(=NC)NCc2ccc(C(=O)N(C)C)cc2)CCC1. The van der Waals surface area contributed by atoms with Crippen LogP contribution in [0.3, 0.4) is 0 Å². The van der Waals surface area contributed by atoms with Gasteiger partial charge in [-0.2, -0.15) is 0 Å². The smallest absolute Gasteiger partial charge is 0.253 e. The second-order valence-corrected chi connectivity index (χ2v) is 6.88. The highest BCUT2D eigenvalue weighted by molar-refractivity contribution is 5.93. The fraction of sp³-hybridized carbons (Fsp3) is 0.579. The van der Waals surface area contributed by atoms with E-state index in [0.717, 1.165) is 18.1 Å². The molecule has 2 N–H and O–H groups in total. The molecule has 0 atom stereocenters. The molecule has 0 aliphatic heterocycles. The molecule has 0 saturated heterocycles. The molecular formula is C19H30N4O. The zero-order chi connectivity index (χ0) is 17.6. The summed E-state index contributed by atoms with van der Waals surface area (Å²) >= 11 is 0. The highest BCUT2D eigenvalue weighted by Gasteiger charge is 2.34. The Balaban J connectivity index is 1.83. The van der Waals surface area contributed by atoms with Crippen molar-refractivity contribution in [3.63, 3.8) is 0 Å². The maximum atomic E-state index is 11.9. The van der Waals surface area contributed by atoms with Gasteiger partial charge in [0.1, 0.15) is 0 Å². The highest BCUT2D eigenvalue weighted by atomic mass is 16.2. The number of hydrogen-bond acceptors (Lipinski definition) is 2. The van der Waals surface area contributed by atoms with E-state index < -0.39 is 0 Å². The van der Waals surface area contributed by atoms with E-state index in [4.69, 9.17) is 0 Å². The third-order valence-electron chi connectivity index (χ3n) is 5.09. The molecule has 1 aliphatic rings. The number of amides is 1. The standard InChI is InChI=1S/C19H30N4O/c1-5-19(11-6-12-19)14-22-18(20-2)21-13-15-7-9-16(10-8-15)17(24)23(3)4/h7-10H,5-6,11-14H2,1-4H3,(H2,20,21,22). The van der Waals surface area contributed by atoms with Crippen LogP contribution in [-0.2, 0) is 6.54 Å². The molecule has 1 fully saturated rings. The minimum absolute atomic E-state index is 0.0253. The molecule has 0 bridgehead atoms. The van der Waals surface area contributed by atoms with E-state index in [9.17, 15) is 4.79 Å². The number of guanidine groups is 1. The minimum Gasteiger partial charge on any atom is -0.356 e. The topological polar surface area (TPSA) is 56.7 Å². The lowest BCUT2D eigenvalue weighted by atomic mass is 9.67. The van der Waals surface area contributed by atoms with Crippen LogP contribution in [0.25, 0.3) is 0 Å². The third kappa shape index (κ3) is 4.49. The maximum Gasteiger partial charge on any atom is 0.253 e. The molecule has 0 unspecified atom stereocenters. The second-order valence-electron chi connectivity index (χ2n) is 6.88. The first-order valence-corrected chi connectivity index (χ1v) is 8.75. The molecule has 0 spiro atoms. The average Bonchev–Trinajstić information content (AvgIpc) is 2.56. The highest BCUT2D eigenvalue weighted by Crippen LogP contribution is 2.42. The van der Waals surface area contributed by atoms with E-state index in [1.807, 2.05) is 24.3 Å². The Bertz CT molecular complexity index is 568. The van der Waals surface area contributed by atoms with Crippen molar-refractivity contribution in [3.05, 3.63) is 35.4 Å². The van der Waals surface area contributed by atoms with Crippen molar-refractivity contribution in [2.45, 2.75) is 39.2 Å². The maximum absolute atomic E-state index is 11.9. The zero-order valence-electron chi connectivity index (χ0n) is 15.4. The van der Waals surface area contributed by atoms with Crippen molar-refractivity contribution in [2.75, 3.05) is 27.7 Å². The van der Waals surface area contributed by atoms with E-state index in [1.54, 1.807) is 26.0 Å². The first-order valence-electron chi connectivity index (χ1n) is 8.75. The summed E-state index contributed by atoms with van der Waals surface area (Å²) in [6, 6.07) is 7.71. The molecule has 5 nitrogen and oxygen atoms in total. The van der Waals surface area contributed by atoms with E-state index in [1.165, 1.54) is 25.7 Å². The predicted molar refractivity (Wildman–Crippen MR) is 99.2 cm³/mol. The molecule has 0 radical (unpaired) electrons. The van der Waals surface area contributed by atoms with Crippen molar-refractivity contribution >= 4 is 11.9 Å². The van der Waals surface area contributed by atoms with E-state index in [-0.39, 0.29) is 5.91 Å². The summed E-state index contributed by atoms with van der Waals surface area (Å²) < 4.78 is 0. The Labute approximate surface area is 145 Å². The summed E-state index contributed by atoms with van der Waals surface area (Å²) in [4.78, 5) is 17.8. The zero-order valence-corrected chi connectivity index (χ0v) is 15.4. The summed E-state index contributed by atoms with van der Waals surface area (Å²) in [6.07, 6.45) is 5.20. The summed E-state index contributed by atoms with van der Waals surface area (Å²) in [5, 5.41) is 6.80. The fourth-order valence-corrected chi connectivity index (χ4v) is 3.03. The van der Waals surface area contributed by atoms with Gasteiger partial charge in [-0.1, -0.05) is 25.5 Å². The lowest BCUT2D eigenvalue weighted by Gasteiger charge is -2.41. The summed E-state index contributed by atoms with van der Waals surface area (Å²) in [7, 11) is 5.32. The average molecular weight is 330 g/mol. The van der Waals surface area contributed by atoms with Gasteiger partial charge in [-0.25, -0.2) is 0 Å². The molecule has 24 heavy (non-hydrogen) atoms. The largest absolute Gasteiger partial charge is 0.356 e. The van der Waals surface area contributed by atoms with Crippen LogP contribution in [0.1, 0.15) is 48.5 Å². The quantitative estimate of drug-likeness (QED) is 0.623. The van der Waals surface area contributed by atoms with Crippen LogP contribution in [-0.4, -0.2) is 44.5 Å². The Morgan fingerprint density at radius 1 is 1.21 bits per heavy atom. The van der Waals surface area contributed by atoms with Gasteiger partial charge in [-0.15, -0.1) is 0 Å². The molecule has 1 saturated carbocycles. The fourth-order valence-electron chi connectivity index (χ4n) is 3.03. The van der Waals surface area contributed by atoms with E-state index in [2.05, 4.69) is 22.5 Å². The third-order valence-corrected chi connectivity index (χ3v) is 5.09. The Morgan fingerprint density at radius 2 is 1.88 bits per heavy atom. The van der Waals surface area contributed by atoms with Gasteiger partial charge in [-0.05, 0) is 42.4 Å². The molecule has 2 rings (SSSR count). The predicted octanol–water partition coefficient (Wildman–Crippen LogP) is 2.63. The molecule has 0 heterocycles. The van der Waals surface area contributed by atoms with Gasteiger partial charge in [0.25, 0.3) is 5.91 Å². The van der Waals surface area contributed by atoms with Gasteiger partial charge in [0, 0.05) is 39.8 Å². The normalized spacial score (nSPS) is 16.2. The van der Waals surface area contributed by atoms with E-state index in [0.29, 0.717) is 17.5 Å². The van der Waals surface area contributed by atoms with Crippen molar-refractivity contribution in [3.8, 4) is 0 Å². The van der Waals surface area contributed by atoms with Crippen LogP contribution >= 0.6 is 0 Å². The van der Waals surface area contributed by atoms with Crippen LogP contribution < -0.4 is 10.6 Å². The van der Waals surface area contributed by atoms with Crippen molar-refractivity contribution < 1.29 is 4.79 Å². The summed E-state index contributed by atoms with van der Waals surface area (Å²) in [6.45, 7) is 3.95. The van der Waals surface area contributed by atoms with Gasteiger partial charge in [0.15, 0.2) is 5.96 Å². The van der Waals surface area contributed by atoms with Crippen LogP contribution in [0.2, 0.25) is 0 Å². The molecular weight excluding hydrogens is 300 g/mol. The van der Waals surface area contributed by atoms with Crippen LogP contribution in [0.15, 0.2) is 29.3 Å². The monoisotopic (exact) mass is 330 g/mol. The van der Waals surface area contributed by atoms with Crippen molar-refractivity contribution in [2.24, 2.45) is 10.4 Å². The number of benzene rings is 1. The van der Waals surface area contributed by atoms with Crippen LogP contribution in [0.4, 0.5) is 0 Å². The summed E-state index contributed by atoms with van der Waals surface area (Å²) in [5.41, 5.74) is 2.30. The Morgan fingerprint density at radius 3 is 2.33 bits per heavy atom. The molecule has 132 valence electrons. The number of carbonyl (C=O) groups excluding carboxylic acids is 1. The molecule has 1 amide bonds. The van der Waals surface area contributed by atoms with Gasteiger partial charge >= 0.3 is 0 Å². The van der Waals surface area contributed by atoms with Crippen molar-refractivity contribution in [1.82, 2.24) is 15.5 Å². The van der Waals surface area contributed by atoms with E-state index >= 15 is 0 Å². The van der Waals surface area contributed by atoms with Gasteiger partial charge in [0.2, 0.25) is 0 Å². The van der Waals surface area contributed by atoms with Crippen LogP contribution in [0.5, 0.6) is 0 Å². The number of nitrogens with one attached hydrogen (secondary N) is 2. The number of carbonyl (C=O) groups is 1. The number of rotatable bonds is 6. The Kier molecular flexibility index (Phi) is 6.23. The molecule has 1 aromatic rings. The second kappa shape index (κ2) is 8.18. The van der Waals surface area contributed by atoms with Gasteiger partial charge in [-0.3, -0.25) is 9.79 Å². The number of hydrogen-bond donors (Lipinski definition) is 2. The molecule has 0 aromatic heterocycles. The Hall–Kier alpha value is -2.04. The first-order chi connectivity index (χ1) is 11.5. The van der Waals surface area contributed by atoms with Gasteiger partial charge in [0.05, 0.1) is 0 Å². The van der Waals surface area contributed by atoms with Crippen molar-refractivity contribution in [1.29, 1.82) is 0 Å². The molecule has 5 heteroatoms. The van der Waals surface area contributed by atoms with Crippen LogP contribution in [0, 0.1) is 5.41 Å². The lowest BCUT2D eigenvalue weighted by Crippen LogP contribution is -2.46. The first kappa shape index (κ1) is 18.3. The summed E-state index contributed by atoms with van der Waals surface area (Å²) in [5.74, 6) is 0.862. The number of aliphatic imine (C=N–C) groups is 1. The minimum atomic E-state index is 0.0253. The van der Waals surface area contributed by atoms with Gasteiger partial charge < -0.3 is 15.5 Å². The molecule has 1 aliphatic carbocycles. The number of nitrogens with zero attached hydrogens (tertiary/aromatic N) is 2.